The van der Waals surface area contributed by atoms with E-state index in [9.17, 15) is 9.59 Å². The molecule has 4 aliphatic carbocycles. The lowest BCUT2D eigenvalue weighted by atomic mass is 9.49. The summed E-state index contributed by atoms with van der Waals surface area (Å²) < 4.78 is 5.39. The Balaban J connectivity index is 1.13. The first-order valence-corrected chi connectivity index (χ1v) is 12.8. The van der Waals surface area contributed by atoms with Crippen LogP contribution in [0.3, 0.4) is 0 Å². The molecule has 0 heterocycles. The standard InChI is InChI=1S/C25H36N2O3S/c1-17(16-31-22-6-4-3-5-21(22)30-2)15-27-23(28)7-8-26-24(29)25-12-18-9-19(13-25)11-20(10-18)14-25/h3-6,17-20H,7-16H2,1-2H3,(H,26,29)(H,27,28). The number of hydrogen-bond donors (Lipinski definition) is 2. The molecule has 5 nitrogen and oxygen atoms in total. The second-order valence-electron chi connectivity index (χ2n) is 10.1. The van der Waals surface area contributed by atoms with Crippen LogP contribution in [-0.4, -0.2) is 37.8 Å². The molecule has 2 amide bonds. The van der Waals surface area contributed by atoms with E-state index in [0.717, 1.165) is 53.4 Å². The van der Waals surface area contributed by atoms with Gasteiger partial charge in [0.25, 0.3) is 0 Å². The minimum absolute atomic E-state index is 0.0138. The highest BCUT2D eigenvalue weighted by Crippen LogP contribution is 2.60. The van der Waals surface area contributed by atoms with Crippen LogP contribution in [0.2, 0.25) is 0 Å². The van der Waals surface area contributed by atoms with Crippen LogP contribution in [0.15, 0.2) is 29.2 Å². The number of methoxy groups -OCH3 is 1. The van der Waals surface area contributed by atoms with Gasteiger partial charge in [0.1, 0.15) is 5.75 Å². The number of thioether (sulfide) groups is 1. The van der Waals surface area contributed by atoms with Crippen LogP contribution >= 0.6 is 11.8 Å². The second-order valence-corrected chi connectivity index (χ2v) is 11.1. The van der Waals surface area contributed by atoms with E-state index < -0.39 is 0 Å². The number of amides is 2. The van der Waals surface area contributed by atoms with Crippen LogP contribution in [0.1, 0.15) is 51.9 Å². The topological polar surface area (TPSA) is 67.4 Å². The zero-order valence-corrected chi connectivity index (χ0v) is 19.6. The fourth-order valence-corrected chi connectivity index (χ4v) is 7.32. The maximum atomic E-state index is 13.0. The van der Waals surface area contributed by atoms with Gasteiger partial charge in [-0.15, -0.1) is 11.8 Å². The lowest BCUT2D eigenvalue weighted by Crippen LogP contribution is -2.53. The van der Waals surface area contributed by atoms with Crippen LogP contribution in [0, 0.1) is 29.1 Å². The molecule has 1 aromatic rings. The van der Waals surface area contributed by atoms with Crippen molar-refractivity contribution in [1.82, 2.24) is 10.6 Å². The van der Waals surface area contributed by atoms with Crippen LogP contribution < -0.4 is 15.4 Å². The van der Waals surface area contributed by atoms with Gasteiger partial charge in [-0.05, 0) is 74.3 Å². The average Bonchev–Trinajstić information content (AvgIpc) is 2.75. The van der Waals surface area contributed by atoms with Crippen molar-refractivity contribution in [3.63, 3.8) is 0 Å². The van der Waals surface area contributed by atoms with E-state index in [1.165, 1.54) is 19.3 Å². The maximum absolute atomic E-state index is 13.0. The first-order valence-electron chi connectivity index (χ1n) is 11.8. The smallest absolute Gasteiger partial charge is 0.226 e. The zero-order valence-electron chi connectivity index (χ0n) is 18.8. The summed E-state index contributed by atoms with van der Waals surface area (Å²) in [4.78, 5) is 26.3. The number of carbonyl (C=O) groups excluding carboxylic acids is 2. The summed E-state index contributed by atoms with van der Waals surface area (Å²) in [5.74, 6) is 4.64. The molecule has 0 saturated heterocycles. The molecule has 31 heavy (non-hydrogen) atoms. The van der Waals surface area contributed by atoms with Crippen molar-refractivity contribution in [2.45, 2.75) is 56.8 Å². The van der Waals surface area contributed by atoms with Crippen molar-refractivity contribution >= 4 is 23.6 Å². The number of para-hydroxylation sites is 1. The Morgan fingerprint density at radius 3 is 2.39 bits per heavy atom. The normalized spacial score (nSPS) is 29.4. The predicted molar refractivity (Wildman–Crippen MR) is 124 cm³/mol. The van der Waals surface area contributed by atoms with Gasteiger partial charge in [-0.2, -0.15) is 0 Å². The molecular formula is C25H36N2O3S. The third-order valence-electron chi connectivity index (χ3n) is 7.40. The number of ether oxygens (including phenoxy) is 1. The molecule has 5 rings (SSSR count). The monoisotopic (exact) mass is 444 g/mol. The molecule has 1 unspecified atom stereocenters. The van der Waals surface area contributed by atoms with Gasteiger partial charge in [0.15, 0.2) is 0 Å². The quantitative estimate of drug-likeness (QED) is 0.529. The first-order chi connectivity index (χ1) is 15.0. The summed E-state index contributed by atoms with van der Waals surface area (Å²) in [6, 6.07) is 8.00. The van der Waals surface area contributed by atoms with Crippen molar-refractivity contribution in [2.75, 3.05) is 26.0 Å². The average molecular weight is 445 g/mol. The van der Waals surface area contributed by atoms with Gasteiger partial charge in [-0.3, -0.25) is 9.59 Å². The molecule has 4 fully saturated rings. The van der Waals surface area contributed by atoms with Gasteiger partial charge in [0, 0.05) is 35.6 Å². The Morgan fingerprint density at radius 2 is 1.74 bits per heavy atom. The molecule has 4 saturated carbocycles. The van der Waals surface area contributed by atoms with E-state index in [1.54, 1.807) is 18.9 Å². The van der Waals surface area contributed by atoms with Crippen molar-refractivity contribution < 1.29 is 14.3 Å². The lowest BCUT2D eigenvalue weighted by Gasteiger charge is -2.55. The van der Waals surface area contributed by atoms with Crippen LogP contribution in [-0.2, 0) is 9.59 Å². The summed E-state index contributed by atoms with van der Waals surface area (Å²) >= 11 is 1.75. The Kier molecular flexibility index (Phi) is 7.15. The maximum Gasteiger partial charge on any atom is 0.226 e. The molecule has 0 radical (unpaired) electrons. The largest absolute Gasteiger partial charge is 0.496 e. The number of hydrogen-bond acceptors (Lipinski definition) is 4. The van der Waals surface area contributed by atoms with Gasteiger partial charge >= 0.3 is 0 Å². The van der Waals surface area contributed by atoms with Gasteiger partial charge in [-0.25, -0.2) is 0 Å². The molecular weight excluding hydrogens is 408 g/mol. The summed E-state index contributed by atoms with van der Waals surface area (Å²) in [7, 11) is 1.69. The highest BCUT2D eigenvalue weighted by atomic mass is 32.2. The summed E-state index contributed by atoms with van der Waals surface area (Å²) in [6.45, 7) is 3.22. The first kappa shape index (κ1) is 22.5. The number of nitrogens with one attached hydrogen (secondary N) is 2. The summed E-state index contributed by atoms with van der Waals surface area (Å²) in [5.41, 5.74) is -0.130. The van der Waals surface area contributed by atoms with Gasteiger partial charge in [0.05, 0.1) is 7.11 Å². The molecule has 0 spiro atoms. The van der Waals surface area contributed by atoms with E-state index in [2.05, 4.69) is 23.6 Å². The number of carbonyl (C=O) groups is 2. The molecule has 6 heteroatoms. The van der Waals surface area contributed by atoms with Gasteiger partial charge in [0.2, 0.25) is 11.8 Å². The Labute approximate surface area is 190 Å². The summed E-state index contributed by atoms with van der Waals surface area (Å²) in [6.07, 6.45) is 7.56. The minimum Gasteiger partial charge on any atom is -0.496 e. The molecule has 0 aromatic heterocycles. The molecule has 4 bridgehead atoms. The molecule has 0 aliphatic heterocycles. The highest BCUT2D eigenvalue weighted by molar-refractivity contribution is 7.99. The van der Waals surface area contributed by atoms with E-state index in [0.29, 0.717) is 25.4 Å². The van der Waals surface area contributed by atoms with E-state index in [-0.39, 0.29) is 17.2 Å². The molecule has 2 N–H and O–H groups in total. The molecule has 1 atom stereocenters. The Bertz CT molecular complexity index is 761. The third-order valence-corrected chi connectivity index (χ3v) is 8.78. The number of rotatable bonds is 10. The third kappa shape index (κ3) is 5.39. The fraction of sp³-hybridized carbons (Fsp3) is 0.680. The summed E-state index contributed by atoms with van der Waals surface area (Å²) in [5, 5.41) is 6.12. The van der Waals surface area contributed by atoms with E-state index in [1.807, 2.05) is 18.2 Å². The van der Waals surface area contributed by atoms with Gasteiger partial charge < -0.3 is 15.4 Å². The molecule has 4 aliphatic rings. The lowest BCUT2D eigenvalue weighted by molar-refractivity contribution is -0.146. The van der Waals surface area contributed by atoms with Crippen LogP contribution in [0.25, 0.3) is 0 Å². The number of benzene rings is 1. The van der Waals surface area contributed by atoms with Crippen molar-refractivity contribution in [1.29, 1.82) is 0 Å². The predicted octanol–water partition coefficient (Wildman–Crippen LogP) is 4.26. The molecule has 170 valence electrons. The van der Waals surface area contributed by atoms with Crippen molar-refractivity contribution in [3.05, 3.63) is 24.3 Å². The minimum atomic E-state index is -0.130. The van der Waals surface area contributed by atoms with Crippen LogP contribution in [0.4, 0.5) is 0 Å². The SMILES string of the molecule is COc1ccccc1SCC(C)CNC(=O)CCNC(=O)C12CC3CC(CC(C3)C1)C2. The second kappa shape index (κ2) is 9.85. The van der Waals surface area contributed by atoms with Gasteiger partial charge in [-0.1, -0.05) is 19.1 Å². The van der Waals surface area contributed by atoms with Crippen LogP contribution in [0.5, 0.6) is 5.75 Å². The zero-order chi connectivity index (χ0) is 21.8. The Morgan fingerprint density at radius 1 is 1.10 bits per heavy atom. The van der Waals surface area contributed by atoms with Crippen molar-refractivity contribution in [3.8, 4) is 5.75 Å². The van der Waals surface area contributed by atoms with Crippen molar-refractivity contribution in [2.24, 2.45) is 29.1 Å². The Hall–Kier alpha value is -1.69. The fourth-order valence-electron chi connectivity index (χ4n) is 6.27. The van der Waals surface area contributed by atoms with E-state index >= 15 is 0 Å². The highest BCUT2D eigenvalue weighted by Gasteiger charge is 2.54. The van der Waals surface area contributed by atoms with E-state index in [4.69, 9.17) is 4.74 Å². The molecule has 1 aromatic carbocycles.